The average molecular weight is 534 g/mol. The van der Waals surface area contributed by atoms with Crippen LogP contribution >= 0.6 is 11.9 Å². The van der Waals surface area contributed by atoms with Crippen molar-refractivity contribution < 1.29 is 13.6 Å². The summed E-state index contributed by atoms with van der Waals surface area (Å²) in [5, 5.41) is 0.466. The summed E-state index contributed by atoms with van der Waals surface area (Å²) in [6.07, 6.45) is 5.67. The number of hydrogen-bond donors (Lipinski definition) is 2. The van der Waals surface area contributed by atoms with Gasteiger partial charge in [-0.1, -0.05) is 38.6 Å². The summed E-state index contributed by atoms with van der Waals surface area (Å²) in [6.45, 7) is 8.76. The van der Waals surface area contributed by atoms with Gasteiger partial charge in [0.25, 0.3) is 0 Å². The second-order valence-electron chi connectivity index (χ2n) is 8.58. The van der Waals surface area contributed by atoms with Crippen LogP contribution in [0.25, 0.3) is 22.2 Å². The standard InChI is InChI=1S/C29H29F2N5OS/c1-4-14-38-35-25-12-11-24(30)26(27(25)31)28(37)23-18-34-29-22(23)15-20(17-33-29)19-9-10-21(32-16-19)8-7-13-36(5-2)6-3/h9-12,15-18,35H,4-6,13-14H2,1-3H3,(H,33,34). The van der Waals surface area contributed by atoms with E-state index < -0.39 is 23.0 Å². The van der Waals surface area contributed by atoms with Gasteiger partial charge in [0.1, 0.15) is 17.2 Å². The molecule has 196 valence electrons. The number of aromatic amines is 1. The Balaban J connectivity index is 1.61. The smallest absolute Gasteiger partial charge is 0.201 e. The largest absolute Gasteiger partial charge is 0.345 e. The summed E-state index contributed by atoms with van der Waals surface area (Å²) >= 11 is 1.30. The van der Waals surface area contributed by atoms with E-state index in [1.54, 1.807) is 18.5 Å². The minimum absolute atomic E-state index is 0.0678. The molecule has 2 N–H and O–H groups in total. The summed E-state index contributed by atoms with van der Waals surface area (Å²) in [6, 6.07) is 7.88. The molecule has 4 rings (SSSR count). The number of nitrogens with one attached hydrogen (secondary N) is 2. The number of pyridine rings is 2. The number of anilines is 1. The molecule has 3 heterocycles. The van der Waals surface area contributed by atoms with Crippen molar-refractivity contribution in [2.24, 2.45) is 0 Å². The van der Waals surface area contributed by atoms with Crippen LogP contribution in [0.2, 0.25) is 0 Å². The van der Waals surface area contributed by atoms with Gasteiger partial charge >= 0.3 is 0 Å². The van der Waals surface area contributed by atoms with E-state index in [-0.39, 0.29) is 11.3 Å². The van der Waals surface area contributed by atoms with E-state index in [0.717, 1.165) is 36.9 Å². The van der Waals surface area contributed by atoms with Gasteiger partial charge in [-0.05, 0) is 55.8 Å². The fourth-order valence-electron chi connectivity index (χ4n) is 3.88. The maximum atomic E-state index is 15.2. The van der Waals surface area contributed by atoms with Crippen LogP contribution in [0.4, 0.5) is 14.5 Å². The summed E-state index contributed by atoms with van der Waals surface area (Å²) in [7, 11) is 0. The number of fused-ring (bicyclic) bond motifs is 1. The molecule has 6 nitrogen and oxygen atoms in total. The second kappa shape index (κ2) is 12.7. The van der Waals surface area contributed by atoms with Crippen LogP contribution in [0.3, 0.4) is 0 Å². The van der Waals surface area contributed by atoms with Gasteiger partial charge in [0.15, 0.2) is 5.82 Å². The number of ketones is 1. The highest BCUT2D eigenvalue weighted by Crippen LogP contribution is 2.30. The molecule has 0 amide bonds. The van der Waals surface area contributed by atoms with E-state index in [0.29, 0.717) is 28.8 Å². The van der Waals surface area contributed by atoms with E-state index in [1.807, 2.05) is 19.1 Å². The Labute approximate surface area is 225 Å². The number of rotatable bonds is 10. The number of carbonyl (C=O) groups is 1. The number of hydrogen-bond acceptors (Lipinski definition) is 6. The van der Waals surface area contributed by atoms with Crippen LogP contribution in [-0.4, -0.2) is 51.0 Å². The summed E-state index contributed by atoms with van der Waals surface area (Å²) in [5.74, 6) is 4.37. The Kier molecular flexibility index (Phi) is 9.10. The topological polar surface area (TPSA) is 73.9 Å². The molecule has 3 aromatic heterocycles. The molecule has 0 saturated heterocycles. The lowest BCUT2D eigenvalue weighted by Gasteiger charge is -2.13. The lowest BCUT2D eigenvalue weighted by molar-refractivity contribution is 0.103. The maximum Gasteiger partial charge on any atom is 0.201 e. The van der Waals surface area contributed by atoms with Crippen molar-refractivity contribution in [2.75, 3.05) is 30.1 Å². The van der Waals surface area contributed by atoms with Gasteiger partial charge in [-0.25, -0.2) is 18.7 Å². The van der Waals surface area contributed by atoms with Crippen LogP contribution < -0.4 is 4.72 Å². The van der Waals surface area contributed by atoms with Crippen molar-refractivity contribution in [3.8, 4) is 23.0 Å². The maximum absolute atomic E-state index is 15.2. The van der Waals surface area contributed by atoms with Crippen LogP contribution in [0, 0.1) is 23.5 Å². The first-order valence-electron chi connectivity index (χ1n) is 12.5. The monoisotopic (exact) mass is 533 g/mol. The number of H-pyrrole nitrogens is 1. The first-order valence-corrected chi connectivity index (χ1v) is 13.5. The summed E-state index contributed by atoms with van der Waals surface area (Å²) in [5.41, 5.74) is 2.20. The molecule has 0 aliphatic rings. The first kappa shape index (κ1) is 27.3. The van der Waals surface area contributed by atoms with E-state index in [1.165, 1.54) is 24.2 Å². The molecule has 9 heteroatoms. The molecule has 1 aromatic carbocycles. The van der Waals surface area contributed by atoms with Crippen LogP contribution in [0.1, 0.15) is 48.8 Å². The molecule has 0 unspecified atom stereocenters. The predicted molar refractivity (Wildman–Crippen MR) is 150 cm³/mol. The highest BCUT2D eigenvalue weighted by atomic mass is 32.2. The number of nitrogens with zero attached hydrogens (tertiary/aromatic N) is 3. The van der Waals surface area contributed by atoms with Crippen LogP contribution in [0.5, 0.6) is 0 Å². The summed E-state index contributed by atoms with van der Waals surface area (Å²) in [4.78, 5) is 27.3. The third kappa shape index (κ3) is 6.04. The number of aromatic nitrogens is 3. The Hall–Kier alpha value is -3.74. The minimum atomic E-state index is -0.918. The quantitative estimate of drug-likeness (QED) is 0.108. The second-order valence-corrected chi connectivity index (χ2v) is 9.48. The van der Waals surface area contributed by atoms with Gasteiger partial charge in [0.2, 0.25) is 5.78 Å². The summed E-state index contributed by atoms with van der Waals surface area (Å²) < 4.78 is 32.7. The third-order valence-electron chi connectivity index (χ3n) is 6.09. The van der Waals surface area contributed by atoms with Gasteiger partial charge in [-0.3, -0.25) is 9.69 Å². The van der Waals surface area contributed by atoms with E-state index >= 15 is 4.39 Å². The van der Waals surface area contributed by atoms with Crippen molar-refractivity contribution in [3.05, 3.63) is 77.4 Å². The van der Waals surface area contributed by atoms with Gasteiger partial charge < -0.3 is 9.71 Å². The molecule has 0 fully saturated rings. The highest BCUT2D eigenvalue weighted by molar-refractivity contribution is 8.00. The molecule has 0 atom stereocenters. The molecule has 0 aliphatic carbocycles. The molecule has 4 aromatic rings. The normalized spacial score (nSPS) is 11.0. The number of carbonyl (C=O) groups excluding carboxylic acids is 1. The van der Waals surface area contributed by atoms with Crippen LogP contribution in [-0.2, 0) is 0 Å². The first-order chi connectivity index (χ1) is 18.5. The van der Waals surface area contributed by atoms with Gasteiger partial charge in [0, 0.05) is 46.4 Å². The molecular formula is C29H29F2N5OS. The SMILES string of the molecule is CCCSNc1ccc(F)c(C(=O)c2c[nH]c3ncc(-c4ccc(C#CCN(CC)CC)nc4)cc23)c1F. The Morgan fingerprint density at radius 3 is 2.58 bits per heavy atom. The molecule has 0 radical (unpaired) electrons. The zero-order chi connectivity index (χ0) is 27.1. The molecule has 0 spiro atoms. The zero-order valence-electron chi connectivity index (χ0n) is 21.6. The van der Waals surface area contributed by atoms with E-state index in [4.69, 9.17) is 0 Å². The van der Waals surface area contributed by atoms with Crippen molar-refractivity contribution in [3.63, 3.8) is 0 Å². The van der Waals surface area contributed by atoms with Crippen molar-refractivity contribution in [1.29, 1.82) is 0 Å². The lowest BCUT2D eigenvalue weighted by Crippen LogP contribution is -2.22. The molecule has 0 aliphatic heterocycles. The highest BCUT2D eigenvalue weighted by Gasteiger charge is 2.24. The Morgan fingerprint density at radius 1 is 1.08 bits per heavy atom. The number of benzene rings is 1. The van der Waals surface area contributed by atoms with E-state index in [2.05, 4.69) is 50.3 Å². The Morgan fingerprint density at radius 2 is 1.87 bits per heavy atom. The molecule has 0 saturated carbocycles. The zero-order valence-corrected chi connectivity index (χ0v) is 22.4. The van der Waals surface area contributed by atoms with Crippen molar-refractivity contribution >= 4 is 34.5 Å². The fraction of sp³-hybridized carbons (Fsp3) is 0.276. The number of halogens is 2. The third-order valence-corrected chi connectivity index (χ3v) is 7.07. The van der Waals surface area contributed by atoms with Gasteiger partial charge in [-0.2, -0.15) is 0 Å². The molecular weight excluding hydrogens is 504 g/mol. The minimum Gasteiger partial charge on any atom is -0.345 e. The predicted octanol–water partition coefficient (Wildman–Crippen LogP) is 6.30. The average Bonchev–Trinajstić information content (AvgIpc) is 3.36. The molecule has 38 heavy (non-hydrogen) atoms. The van der Waals surface area contributed by atoms with Crippen LogP contribution in [0.15, 0.2) is 48.9 Å². The Bertz CT molecular complexity index is 1490. The van der Waals surface area contributed by atoms with E-state index in [9.17, 15) is 9.18 Å². The van der Waals surface area contributed by atoms with Crippen molar-refractivity contribution in [2.45, 2.75) is 27.2 Å². The van der Waals surface area contributed by atoms with Gasteiger partial charge in [0.05, 0.1) is 17.8 Å². The molecule has 0 bridgehead atoms. The van der Waals surface area contributed by atoms with Crippen molar-refractivity contribution in [1.82, 2.24) is 19.9 Å². The fourth-order valence-corrected chi connectivity index (χ4v) is 4.50. The van der Waals surface area contributed by atoms with Gasteiger partial charge in [-0.15, -0.1) is 0 Å². The lowest BCUT2D eigenvalue weighted by atomic mass is 10.00.